The van der Waals surface area contributed by atoms with E-state index in [-0.39, 0.29) is 12.5 Å². The molecule has 1 rings (SSSR count). The maximum absolute atomic E-state index is 11.2. The highest BCUT2D eigenvalue weighted by Crippen LogP contribution is 2.06. The average molecular weight is 231 g/mol. The van der Waals surface area contributed by atoms with E-state index in [4.69, 9.17) is 17.3 Å². The number of alkyl halides is 1. The Bertz CT molecular complexity index is 374. The Hall–Kier alpha value is -1.56. The third kappa shape index (κ3) is 3.59. The van der Waals surface area contributed by atoms with E-state index >= 15 is 0 Å². The zero-order valence-corrected chi connectivity index (χ0v) is 8.86. The lowest BCUT2D eigenvalue weighted by Crippen LogP contribution is -2.20. The molecule has 0 saturated heterocycles. The zero-order chi connectivity index (χ0) is 11.4. The summed E-state index contributed by atoms with van der Waals surface area (Å²) in [6.45, 7) is 1.54. The van der Waals surface area contributed by atoms with Gasteiger partial charge in [-0.15, -0.1) is 11.6 Å². The summed E-state index contributed by atoms with van der Waals surface area (Å²) in [5.41, 5.74) is 5.46. The minimum absolute atomic E-state index is 0.0215. The van der Waals surface area contributed by atoms with Crippen LogP contribution in [0.2, 0.25) is 0 Å². The van der Waals surface area contributed by atoms with Gasteiger partial charge in [0.05, 0.1) is 11.9 Å². The van der Waals surface area contributed by atoms with E-state index in [2.05, 4.69) is 10.4 Å². The molecule has 0 saturated carbocycles. The molecule has 15 heavy (non-hydrogen) atoms. The molecule has 1 aromatic rings. The predicted octanol–water partition coefficient (Wildman–Crippen LogP) is -0.0658. The van der Waals surface area contributed by atoms with E-state index in [0.717, 1.165) is 0 Å². The van der Waals surface area contributed by atoms with Gasteiger partial charge >= 0.3 is 0 Å². The smallest absolute Gasteiger partial charge is 0.242 e. The predicted molar refractivity (Wildman–Crippen MR) is 55.4 cm³/mol. The first-order chi connectivity index (χ1) is 6.99. The Kier molecular flexibility index (Phi) is 3.68. The average Bonchev–Trinajstić information content (AvgIpc) is 2.51. The Labute approximate surface area is 91.4 Å². The molecule has 0 bridgehead atoms. The van der Waals surface area contributed by atoms with Crippen molar-refractivity contribution in [3.05, 3.63) is 12.4 Å². The lowest BCUT2D eigenvalue weighted by molar-refractivity contribution is -0.118. The summed E-state index contributed by atoms with van der Waals surface area (Å²) in [5, 5.41) is 5.73. The lowest BCUT2D eigenvalue weighted by Gasteiger charge is -2.02. The van der Waals surface area contributed by atoms with Crippen LogP contribution in [0.4, 0.5) is 5.69 Å². The van der Waals surface area contributed by atoms with Crippen molar-refractivity contribution in [3.8, 4) is 0 Å². The van der Waals surface area contributed by atoms with Crippen LogP contribution in [-0.2, 0) is 16.1 Å². The fraction of sp³-hybridized carbons (Fsp3) is 0.375. The quantitative estimate of drug-likeness (QED) is 0.710. The van der Waals surface area contributed by atoms with E-state index < -0.39 is 11.3 Å². The molecule has 1 heterocycles. The minimum atomic E-state index is -0.621. The van der Waals surface area contributed by atoms with E-state index in [1.807, 2.05) is 0 Å². The SMILES string of the molecule is CC(Cl)C(=O)Nc1cnn(CC(N)=O)c1. The molecule has 3 N–H and O–H groups in total. The van der Waals surface area contributed by atoms with E-state index in [1.54, 1.807) is 6.92 Å². The summed E-state index contributed by atoms with van der Waals surface area (Å²) in [6.07, 6.45) is 2.92. The summed E-state index contributed by atoms with van der Waals surface area (Å²) >= 11 is 5.56. The van der Waals surface area contributed by atoms with Crippen molar-refractivity contribution < 1.29 is 9.59 Å². The summed E-state index contributed by atoms with van der Waals surface area (Å²) in [6, 6.07) is 0. The molecule has 0 radical (unpaired) electrons. The first kappa shape index (κ1) is 11.5. The van der Waals surface area contributed by atoms with Crippen LogP contribution in [0.3, 0.4) is 0 Å². The fourth-order valence-electron chi connectivity index (χ4n) is 0.916. The maximum atomic E-state index is 11.2. The molecule has 0 spiro atoms. The van der Waals surface area contributed by atoms with E-state index in [0.29, 0.717) is 5.69 Å². The van der Waals surface area contributed by atoms with Crippen molar-refractivity contribution in [2.24, 2.45) is 5.73 Å². The molecule has 1 unspecified atom stereocenters. The number of primary amides is 1. The number of amides is 2. The van der Waals surface area contributed by atoms with Gasteiger partial charge in [-0.3, -0.25) is 14.3 Å². The van der Waals surface area contributed by atoms with Crippen LogP contribution in [0.15, 0.2) is 12.4 Å². The Morgan fingerprint density at radius 2 is 2.40 bits per heavy atom. The third-order valence-electron chi connectivity index (χ3n) is 1.58. The summed E-state index contributed by atoms with van der Waals surface area (Å²) in [7, 11) is 0. The second-order valence-corrected chi connectivity index (χ2v) is 3.65. The third-order valence-corrected chi connectivity index (χ3v) is 1.78. The largest absolute Gasteiger partial charge is 0.368 e. The fourth-order valence-corrected chi connectivity index (χ4v) is 0.971. The number of nitrogens with zero attached hydrogens (tertiary/aromatic N) is 2. The number of nitrogens with one attached hydrogen (secondary N) is 1. The molecule has 0 aliphatic rings. The number of aromatic nitrogens is 2. The molecule has 0 aliphatic carbocycles. The summed E-state index contributed by atoms with van der Waals surface area (Å²) in [4.78, 5) is 21.7. The van der Waals surface area contributed by atoms with Gasteiger partial charge in [0.1, 0.15) is 11.9 Å². The Morgan fingerprint density at radius 1 is 1.73 bits per heavy atom. The molecule has 0 aliphatic heterocycles. The minimum Gasteiger partial charge on any atom is -0.368 e. The molecule has 1 aromatic heterocycles. The van der Waals surface area contributed by atoms with Crippen molar-refractivity contribution >= 4 is 29.1 Å². The Morgan fingerprint density at radius 3 is 2.93 bits per heavy atom. The number of carbonyl (C=O) groups is 2. The van der Waals surface area contributed by atoms with Gasteiger partial charge in [0.2, 0.25) is 11.8 Å². The molecule has 7 heteroatoms. The topological polar surface area (TPSA) is 90.0 Å². The highest BCUT2D eigenvalue weighted by molar-refractivity contribution is 6.32. The maximum Gasteiger partial charge on any atom is 0.242 e. The first-order valence-electron chi connectivity index (χ1n) is 4.24. The molecule has 0 aromatic carbocycles. The summed E-state index contributed by atoms with van der Waals surface area (Å²) in [5.74, 6) is -0.822. The van der Waals surface area contributed by atoms with Crippen LogP contribution in [0.5, 0.6) is 0 Å². The molecule has 2 amide bonds. The van der Waals surface area contributed by atoms with Crippen molar-refractivity contribution in [1.82, 2.24) is 9.78 Å². The van der Waals surface area contributed by atoms with Gasteiger partial charge in [0.15, 0.2) is 0 Å². The molecular formula is C8H11ClN4O2. The number of hydrogen-bond donors (Lipinski definition) is 2. The van der Waals surface area contributed by atoms with Crippen LogP contribution >= 0.6 is 11.6 Å². The Balaban J connectivity index is 2.60. The second kappa shape index (κ2) is 4.79. The van der Waals surface area contributed by atoms with Crippen LogP contribution in [0.1, 0.15) is 6.92 Å². The normalized spacial score (nSPS) is 12.1. The lowest BCUT2D eigenvalue weighted by atomic mass is 10.4. The van der Waals surface area contributed by atoms with Gasteiger partial charge in [-0.1, -0.05) is 0 Å². The van der Waals surface area contributed by atoms with Gasteiger partial charge < -0.3 is 11.1 Å². The van der Waals surface area contributed by atoms with Crippen molar-refractivity contribution in [1.29, 1.82) is 0 Å². The van der Waals surface area contributed by atoms with E-state index in [9.17, 15) is 9.59 Å². The molecule has 1 atom stereocenters. The summed E-state index contributed by atoms with van der Waals surface area (Å²) < 4.78 is 1.33. The monoisotopic (exact) mass is 230 g/mol. The van der Waals surface area contributed by atoms with E-state index in [1.165, 1.54) is 17.1 Å². The molecule has 0 fully saturated rings. The highest BCUT2D eigenvalue weighted by Gasteiger charge is 2.10. The van der Waals surface area contributed by atoms with Crippen molar-refractivity contribution in [2.75, 3.05) is 5.32 Å². The van der Waals surface area contributed by atoms with Gasteiger partial charge in [-0.2, -0.15) is 5.10 Å². The molecular weight excluding hydrogens is 220 g/mol. The second-order valence-electron chi connectivity index (χ2n) is 3.00. The van der Waals surface area contributed by atoms with Crippen LogP contribution < -0.4 is 11.1 Å². The van der Waals surface area contributed by atoms with Crippen LogP contribution in [0, 0.1) is 0 Å². The number of nitrogens with two attached hydrogens (primary N) is 1. The van der Waals surface area contributed by atoms with Crippen molar-refractivity contribution in [3.63, 3.8) is 0 Å². The van der Waals surface area contributed by atoms with Crippen molar-refractivity contribution in [2.45, 2.75) is 18.8 Å². The molecule has 82 valence electrons. The number of carbonyl (C=O) groups excluding carboxylic acids is 2. The number of halogens is 1. The standard InChI is InChI=1S/C8H11ClN4O2/c1-5(9)8(15)12-6-2-11-13(3-6)4-7(10)14/h2-3,5H,4H2,1H3,(H2,10,14)(H,12,15). The first-order valence-corrected chi connectivity index (χ1v) is 4.68. The van der Waals surface area contributed by atoms with Crippen LogP contribution in [0.25, 0.3) is 0 Å². The van der Waals surface area contributed by atoms with Gasteiger partial charge in [0, 0.05) is 6.20 Å². The van der Waals surface area contributed by atoms with Gasteiger partial charge in [-0.05, 0) is 6.92 Å². The number of hydrogen-bond acceptors (Lipinski definition) is 3. The van der Waals surface area contributed by atoms with Crippen LogP contribution in [-0.4, -0.2) is 27.0 Å². The number of rotatable bonds is 4. The van der Waals surface area contributed by atoms with Gasteiger partial charge in [0.25, 0.3) is 0 Å². The highest BCUT2D eigenvalue weighted by atomic mass is 35.5. The number of anilines is 1. The molecule has 6 nitrogen and oxygen atoms in total. The zero-order valence-electron chi connectivity index (χ0n) is 8.11. The van der Waals surface area contributed by atoms with Gasteiger partial charge in [-0.25, -0.2) is 0 Å².